The molecule has 1 heterocycles. The first-order valence-corrected chi connectivity index (χ1v) is 8.62. The second kappa shape index (κ2) is 7.83. The van der Waals surface area contributed by atoms with Crippen LogP contribution in [0, 0.1) is 0 Å². The minimum Gasteiger partial charge on any atom is -0.399 e. The van der Waals surface area contributed by atoms with Crippen LogP contribution >= 0.6 is 0 Å². The second-order valence-electron chi connectivity index (χ2n) is 6.36. The Balaban J connectivity index is 1.52. The molecule has 1 fully saturated rings. The lowest BCUT2D eigenvalue weighted by Gasteiger charge is -2.26. The van der Waals surface area contributed by atoms with Crippen LogP contribution in [0.3, 0.4) is 0 Å². The van der Waals surface area contributed by atoms with Crippen molar-refractivity contribution in [3.8, 4) is 0 Å². The van der Waals surface area contributed by atoms with Crippen LogP contribution in [0.25, 0.3) is 0 Å². The van der Waals surface area contributed by atoms with E-state index in [4.69, 9.17) is 5.73 Å². The monoisotopic (exact) mass is 337 g/mol. The van der Waals surface area contributed by atoms with Crippen LogP contribution in [0.15, 0.2) is 48.5 Å². The van der Waals surface area contributed by atoms with E-state index in [1.165, 1.54) is 0 Å². The first-order valence-electron chi connectivity index (χ1n) is 8.62. The van der Waals surface area contributed by atoms with Crippen molar-refractivity contribution in [3.05, 3.63) is 59.7 Å². The Morgan fingerprint density at radius 3 is 2.36 bits per heavy atom. The number of carbonyl (C=O) groups excluding carboxylic acids is 2. The zero-order chi connectivity index (χ0) is 17.6. The minimum absolute atomic E-state index is 0.0277. The van der Waals surface area contributed by atoms with Crippen molar-refractivity contribution >= 4 is 23.2 Å². The Hall–Kier alpha value is -2.82. The van der Waals surface area contributed by atoms with Crippen molar-refractivity contribution in [2.75, 3.05) is 17.2 Å². The van der Waals surface area contributed by atoms with Crippen molar-refractivity contribution < 1.29 is 9.59 Å². The van der Waals surface area contributed by atoms with Gasteiger partial charge in [0.05, 0.1) is 6.42 Å². The first-order chi connectivity index (χ1) is 12.1. The Morgan fingerprint density at radius 1 is 1.00 bits per heavy atom. The highest BCUT2D eigenvalue weighted by Crippen LogP contribution is 2.21. The third-order valence-corrected chi connectivity index (χ3v) is 4.41. The van der Waals surface area contributed by atoms with Crippen molar-refractivity contribution in [2.45, 2.75) is 32.2 Å². The summed E-state index contributed by atoms with van der Waals surface area (Å²) in [6.07, 6.45) is 2.99. The van der Waals surface area contributed by atoms with E-state index in [9.17, 15) is 9.59 Å². The predicted molar refractivity (Wildman–Crippen MR) is 99.1 cm³/mol. The van der Waals surface area contributed by atoms with Crippen LogP contribution in [0.5, 0.6) is 0 Å². The number of piperidine rings is 1. The number of anilines is 2. The van der Waals surface area contributed by atoms with E-state index in [0.29, 0.717) is 25.1 Å². The average molecular weight is 337 g/mol. The Kier molecular flexibility index (Phi) is 5.33. The van der Waals surface area contributed by atoms with Crippen molar-refractivity contribution in [1.82, 2.24) is 5.32 Å². The molecular formula is C20H23N3O2. The number of rotatable bonds is 5. The average Bonchev–Trinajstić information content (AvgIpc) is 2.63. The number of nitrogens with two attached hydrogens (primary N) is 1. The van der Waals surface area contributed by atoms with Crippen molar-refractivity contribution in [3.63, 3.8) is 0 Å². The van der Waals surface area contributed by atoms with Gasteiger partial charge in [0.15, 0.2) is 0 Å². The van der Waals surface area contributed by atoms with Crippen LogP contribution in [0.2, 0.25) is 0 Å². The molecule has 130 valence electrons. The molecule has 0 bridgehead atoms. The SMILES string of the molecule is Nc1ccc(CC(=O)NCc2ccc(N3CCCCC3=O)cc2)cc1. The lowest BCUT2D eigenvalue weighted by molar-refractivity contribution is -0.121. The summed E-state index contributed by atoms with van der Waals surface area (Å²) in [4.78, 5) is 25.8. The highest BCUT2D eigenvalue weighted by Gasteiger charge is 2.19. The molecule has 2 aromatic rings. The van der Waals surface area contributed by atoms with Gasteiger partial charge < -0.3 is 16.0 Å². The number of benzene rings is 2. The van der Waals surface area contributed by atoms with E-state index in [1.807, 2.05) is 41.3 Å². The zero-order valence-corrected chi connectivity index (χ0v) is 14.2. The maximum Gasteiger partial charge on any atom is 0.226 e. The molecule has 0 saturated carbocycles. The number of nitrogens with zero attached hydrogens (tertiary/aromatic N) is 1. The molecule has 0 spiro atoms. The highest BCUT2D eigenvalue weighted by molar-refractivity contribution is 5.93. The van der Waals surface area contributed by atoms with Gasteiger partial charge in [-0.2, -0.15) is 0 Å². The number of hydrogen-bond donors (Lipinski definition) is 2. The van der Waals surface area contributed by atoms with E-state index in [-0.39, 0.29) is 11.8 Å². The standard InChI is InChI=1S/C20H23N3O2/c21-17-8-4-15(5-9-17)13-19(24)22-14-16-6-10-18(11-7-16)23-12-2-1-3-20(23)25/h4-11H,1-3,12-14,21H2,(H,22,24). The van der Waals surface area contributed by atoms with E-state index in [1.54, 1.807) is 12.1 Å². The summed E-state index contributed by atoms with van der Waals surface area (Å²) in [6.45, 7) is 1.26. The van der Waals surface area contributed by atoms with Crippen LogP contribution < -0.4 is 16.0 Å². The highest BCUT2D eigenvalue weighted by atomic mass is 16.2. The second-order valence-corrected chi connectivity index (χ2v) is 6.36. The predicted octanol–water partition coefficient (Wildman–Crippen LogP) is 2.64. The van der Waals surface area contributed by atoms with Crippen LogP contribution in [0.1, 0.15) is 30.4 Å². The van der Waals surface area contributed by atoms with Gasteiger partial charge in [-0.15, -0.1) is 0 Å². The summed E-state index contributed by atoms with van der Waals surface area (Å²) in [6, 6.07) is 15.1. The van der Waals surface area contributed by atoms with Gasteiger partial charge in [-0.25, -0.2) is 0 Å². The van der Waals surface area contributed by atoms with Crippen LogP contribution in [-0.4, -0.2) is 18.4 Å². The molecule has 1 aliphatic rings. The Bertz CT molecular complexity index is 739. The maximum atomic E-state index is 12.0. The molecule has 1 saturated heterocycles. The largest absolute Gasteiger partial charge is 0.399 e. The third kappa shape index (κ3) is 4.59. The summed E-state index contributed by atoms with van der Waals surface area (Å²) < 4.78 is 0. The number of carbonyl (C=O) groups is 2. The van der Waals surface area contributed by atoms with E-state index >= 15 is 0 Å². The van der Waals surface area contributed by atoms with Crippen LogP contribution in [-0.2, 0) is 22.6 Å². The lowest BCUT2D eigenvalue weighted by atomic mass is 10.1. The number of nitrogens with one attached hydrogen (secondary N) is 1. The van der Waals surface area contributed by atoms with Gasteiger partial charge in [-0.05, 0) is 48.2 Å². The molecule has 5 heteroatoms. The number of nitrogen functional groups attached to an aromatic ring is 1. The lowest BCUT2D eigenvalue weighted by Crippen LogP contribution is -2.35. The molecular weight excluding hydrogens is 314 g/mol. The molecule has 0 radical (unpaired) electrons. The van der Waals surface area contributed by atoms with E-state index in [0.717, 1.165) is 36.2 Å². The van der Waals surface area contributed by atoms with Gasteiger partial charge in [-0.3, -0.25) is 9.59 Å². The van der Waals surface area contributed by atoms with Crippen LogP contribution in [0.4, 0.5) is 11.4 Å². The molecule has 0 aromatic heterocycles. The molecule has 3 N–H and O–H groups in total. The molecule has 0 unspecified atom stereocenters. The molecule has 2 aromatic carbocycles. The third-order valence-electron chi connectivity index (χ3n) is 4.41. The molecule has 0 atom stereocenters. The summed E-state index contributed by atoms with van der Waals surface area (Å²) in [5.74, 6) is 0.163. The van der Waals surface area contributed by atoms with E-state index < -0.39 is 0 Å². The normalized spacial score (nSPS) is 14.4. The van der Waals surface area contributed by atoms with Gasteiger partial charge in [0, 0.05) is 30.9 Å². The van der Waals surface area contributed by atoms with Gasteiger partial charge in [0.1, 0.15) is 0 Å². The summed E-state index contributed by atoms with van der Waals surface area (Å²) >= 11 is 0. The topological polar surface area (TPSA) is 75.4 Å². The zero-order valence-electron chi connectivity index (χ0n) is 14.2. The molecule has 5 nitrogen and oxygen atoms in total. The molecule has 3 rings (SSSR count). The van der Waals surface area contributed by atoms with Gasteiger partial charge >= 0.3 is 0 Å². The first kappa shape index (κ1) is 17.0. The fourth-order valence-corrected chi connectivity index (χ4v) is 2.96. The van der Waals surface area contributed by atoms with E-state index in [2.05, 4.69) is 5.32 Å². The molecule has 0 aliphatic carbocycles. The van der Waals surface area contributed by atoms with Crippen molar-refractivity contribution in [2.24, 2.45) is 0 Å². The van der Waals surface area contributed by atoms with Crippen molar-refractivity contribution in [1.29, 1.82) is 0 Å². The van der Waals surface area contributed by atoms with Gasteiger partial charge in [0.25, 0.3) is 0 Å². The van der Waals surface area contributed by atoms with Gasteiger partial charge in [0.2, 0.25) is 11.8 Å². The Labute approximate surface area is 147 Å². The molecule has 2 amide bonds. The summed E-state index contributed by atoms with van der Waals surface area (Å²) in [5.41, 5.74) is 9.21. The molecule has 1 aliphatic heterocycles. The number of hydrogen-bond acceptors (Lipinski definition) is 3. The maximum absolute atomic E-state index is 12.0. The fourth-order valence-electron chi connectivity index (χ4n) is 2.96. The van der Waals surface area contributed by atoms with Gasteiger partial charge in [-0.1, -0.05) is 24.3 Å². The Morgan fingerprint density at radius 2 is 1.68 bits per heavy atom. The fraction of sp³-hybridized carbons (Fsp3) is 0.300. The quantitative estimate of drug-likeness (QED) is 0.824. The number of amides is 2. The summed E-state index contributed by atoms with van der Waals surface area (Å²) in [5, 5.41) is 2.92. The smallest absolute Gasteiger partial charge is 0.226 e. The summed E-state index contributed by atoms with van der Waals surface area (Å²) in [7, 11) is 0. The minimum atomic E-state index is -0.0277. The molecule has 25 heavy (non-hydrogen) atoms.